The SMILES string of the molecule is O=C([O-])C(C(=O)[O-])(C1CC(c2ccccc2)SC(c2ccccc2)C1)C1CC(c2ccccc2)SC(c2ccccc2)C1. The minimum Gasteiger partial charge on any atom is -0.549 e. The van der Waals surface area contributed by atoms with Gasteiger partial charge in [-0.1, -0.05) is 121 Å². The fraction of sp³-hybridized carbons (Fsp3) is 0.297. The highest BCUT2D eigenvalue weighted by atomic mass is 32.2. The highest BCUT2D eigenvalue weighted by Gasteiger charge is 2.53. The number of carbonyl (C=O) groups excluding carboxylic acids is 2. The van der Waals surface area contributed by atoms with Gasteiger partial charge in [-0.3, -0.25) is 0 Å². The van der Waals surface area contributed by atoms with Gasteiger partial charge in [0, 0.05) is 21.0 Å². The van der Waals surface area contributed by atoms with Crippen molar-refractivity contribution in [1.29, 1.82) is 0 Å². The van der Waals surface area contributed by atoms with E-state index in [1.54, 1.807) is 23.5 Å². The number of aliphatic carboxylic acids is 2. The topological polar surface area (TPSA) is 80.3 Å². The minimum atomic E-state index is -2.14. The Morgan fingerprint density at radius 1 is 0.465 bits per heavy atom. The van der Waals surface area contributed by atoms with Gasteiger partial charge in [0.05, 0.1) is 17.4 Å². The standard InChI is InChI=1S/C37H36O4S2/c38-35(39)37(36(40)41,29-21-31(25-13-5-1-6-14-25)42-32(22-29)26-15-7-2-8-16-26)30-23-33(27-17-9-3-10-18-27)43-34(24-30)28-19-11-4-12-20-28/h1-20,29-34H,21-24H2,(H,38,39)(H,40,41)/p-2. The fourth-order valence-corrected chi connectivity index (χ4v) is 10.6. The molecule has 4 aromatic carbocycles. The van der Waals surface area contributed by atoms with E-state index >= 15 is 0 Å². The largest absolute Gasteiger partial charge is 0.549 e. The maximum atomic E-state index is 13.5. The van der Waals surface area contributed by atoms with Crippen molar-refractivity contribution in [2.45, 2.75) is 46.7 Å². The molecule has 6 rings (SSSR count). The summed E-state index contributed by atoms with van der Waals surface area (Å²) in [5, 5.41) is 26.7. The summed E-state index contributed by atoms with van der Waals surface area (Å²) in [6.07, 6.45) is 1.70. The number of carbonyl (C=O) groups is 2. The zero-order valence-electron chi connectivity index (χ0n) is 23.8. The second-order valence-corrected chi connectivity index (χ2v) is 14.5. The Morgan fingerprint density at radius 3 is 0.907 bits per heavy atom. The lowest BCUT2D eigenvalue weighted by Crippen LogP contribution is -2.62. The number of thioether (sulfide) groups is 2. The van der Waals surface area contributed by atoms with Crippen LogP contribution in [0.5, 0.6) is 0 Å². The number of carboxylic acid groups (broad SMARTS) is 2. The zero-order chi connectivity index (χ0) is 29.8. The molecule has 6 heteroatoms. The quantitative estimate of drug-likeness (QED) is 0.207. The first-order valence-corrected chi connectivity index (χ1v) is 16.8. The summed E-state index contributed by atoms with van der Waals surface area (Å²) in [6, 6.07) is 40.1. The first-order valence-electron chi connectivity index (χ1n) is 14.9. The van der Waals surface area contributed by atoms with Crippen molar-refractivity contribution in [1.82, 2.24) is 0 Å². The van der Waals surface area contributed by atoms with E-state index in [9.17, 15) is 19.8 Å². The summed E-state index contributed by atoms with van der Waals surface area (Å²) in [5.74, 6) is -4.36. The molecule has 0 amide bonds. The van der Waals surface area contributed by atoms with E-state index in [0.29, 0.717) is 25.7 Å². The molecule has 2 aliphatic rings. The molecule has 0 spiro atoms. The smallest absolute Gasteiger partial charge is 0.0552 e. The van der Waals surface area contributed by atoms with Gasteiger partial charge < -0.3 is 19.8 Å². The van der Waals surface area contributed by atoms with Crippen LogP contribution in [-0.4, -0.2) is 11.9 Å². The Kier molecular flexibility index (Phi) is 8.96. The van der Waals surface area contributed by atoms with E-state index in [1.165, 1.54) is 0 Å². The van der Waals surface area contributed by atoms with Crippen molar-refractivity contribution >= 4 is 35.5 Å². The van der Waals surface area contributed by atoms with Crippen LogP contribution in [0, 0.1) is 17.3 Å². The normalized spacial score (nSPS) is 26.0. The number of carboxylic acids is 2. The van der Waals surface area contributed by atoms with Crippen molar-refractivity contribution in [3.63, 3.8) is 0 Å². The van der Waals surface area contributed by atoms with E-state index in [-0.39, 0.29) is 21.0 Å². The lowest BCUT2D eigenvalue weighted by molar-refractivity contribution is -0.352. The van der Waals surface area contributed by atoms with Crippen LogP contribution in [0.15, 0.2) is 121 Å². The van der Waals surface area contributed by atoms with Gasteiger partial charge in [-0.25, -0.2) is 0 Å². The van der Waals surface area contributed by atoms with Gasteiger partial charge in [0.2, 0.25) is 0 Å². The van der Waals surface area contributed by atoms with Crippen molar-refractivity contribution in [3.8, 4) is 0 Å². The highest BCUT2D eigenvalue weighted by molar-refractivity contribution is 8.00. The monoisotopic (exact) mass is 606 g/mol. The van der Waals surface area contributed by atoms with Crippen molar-refractivity contribution in [2.24, 2.45) is 17.3 Å². The summed E-state index contributed by atoms with van der Waals surface area (Å²) in [6.45, 7) is 0. The molecule has 2 fully saturated rings. The number of hydrogen-bond acceptors (Lipinski definition) is 6. The summed E-state index contributed by atoms with van der Waals surface area (Å²) in [4.78, 5) is 27.0. The third-order valence-electron chi connectivity index (χ3n) is 9.30. The number of rotatable bonds is 8. The fourth-order valence-electron chi connectivity index (χ4n) is 7.20. The molecule has 0 radical (unpaired) electrons. The molecule has 4 atom stereocenters. The molecule has 4 nitrogen and oxygen atoms in total. The second kappa shape index (κ2) is 13.0. The van der Waals surface area contributed by atoms with Crippen LogP contribution >= 0.6 is 23.5 Å². The van der Waals surface area contributed by atoms with Gasteiger partial charge in [0.1, 0.15) is 0 Å². The van der Waals surface area contributed by atoms with Crippen LogP contribution in [0.1, 0.15) is 68.9 Å². The zero-order valence-corrected chi connectivity index (χ0v) is 25.4. The average molecular weight is 607 g/mol. The molecule has 4 unspecified atom stereocenters. The maximum absolute atomic E-state index is 13.5. The lowest BCUT2D eigenvalue weighted by atomic mass is 9.60. The average Bonchev–Trinajstić information content (AvgIpc) is 3.06. The molecule has 2 heterocycles. The number of benzene rings is 4. The van der Waals surface area contributed by atoms with E-state index in [0.717, 1.165) is 22.3 Å². The van der Waals surface area contributed by atoms with Crippen LogP contribution in [0.2, 0.25) is 0 Å². The van der Waals surface area contributed by atoms with Crippen LogP contribution in [-0.2, 0) is 9.59 Å². The maximum Gasteiger partial charge on any atom is 0.0552 e. The first-order chi connectivity index (χ1) is 21.0. The number of hydrogen-bond donors (Lipinski definition) is 0. The lowest BCUT2D eigenvalue weighted by Gasteiger charge is -2.54. The summed E-state index contributed by atoms with van der Waals surface area (Å²) >= 11 is 3.58. The molecule has 0 aliphatic carbocycles. The van der Waals surface area contributed by atoms with Gasteiger partial charge in [-0.05, 0) is 59.8 Å². The molecule has 2 aliphatic heterocycles. The van der Waals surface area contributed by atoms with Crippen molar-refractivity contribution in [3.05, 3.63) is 144 Å². The van der Waals surface area contributed by atoms with Gasteiger partial charge in [0.15, 0.2) is 0 Å². The van der Waals surface area contributed by atoms with Gasteiger partial charge >= 0.3 is 0 Å². The van der Waals surface area contributed by atoms with E-state index < -0.39 is 29.2 Å². The van der Waals surface area contributed by atoms with E-state index in [2.05, 4.69) is 48.5 Å². The molecule has 0 N–H and O–H groups in total. The highest BCUT2D eigenvalue weighted by Crippen LogP contribution is 2.62. The molecular formula is C37H34O4S2-2. The minimum absolute atomic E-state index is 0.0592. The van der Waals surface area contributed by atoms with Gasteiger partial charge in [-0.15, -0.1) is 23.5 Å². The van der Waals surface area contributed by atoms with Crippen LogP contribution in [0.25, 0.3) is 0 Å². The van der Waals surface area contributed by atoms with E-state index in [1.807, 2.05) is 72.8 Å². The predicted octanol–water partition coefficient (Wildman–Crippen LogP) is 6.72. The molecule has 0 saturated carbocycles. The summed E-state index contributed by atoms with van der Waals surface area (Å²) in [7, 11) is 0. The van der Waals surface area contributed by atoms with Crippen molar-refractivity contribution < 1.29 is 19.8 Å². The second-order valence-electron chi connectivity index (χ2n) is 11.7. The summed E-state index contributed by atoms with van der Waals surface area (Å²) < 4.78 is 0. The van der Waals surface area contributed by atoms with Gasteiger partial charge in [0.25, 0.3) is 0 Å². The summed E-state index contributed by atoms with van der Waals surface area (Å²) in [5.41, 5.74) is 2.17. The Labute approximate surface area is 261 Å². The predicted molar refractivity (Wildman–Crippen MR) is 170 cm³/mol. The van der Waals surface area contributed by atoms with Crippen LogP contribution < -0.4 is 10.2 Å². The van der Waals surface area contributed by atoms with Gasteiger partial charge in [-0.2, -0.15) is 0 Å². The third-order valence-corrected chi connectivity index (χ3v) is 12.5. The molecule has 43 heavy (non-hydrogen) atoms. The molecule has 2 saturated heterocycles. The molecule has 0 bridgehead atoms. The molecular weight excluding hydrogens is 573 g/mol. The first kappa shape index (κ1) is 29.6. The Balaban J connectivity index is 1.45. The Hall–Kier alpha value is -3.48. The van der Waals surface area contributed by atoms with Crippen LogP contribution in [0.4, 0.5) is 0 Å². The van der Waals surface area contributed by atoms with Crippen LogP contribution in [0.3, 0.4) is 0 Å². The molecule has 0 aromatic heterocycles. The Morgan fingerprint density at radius 2 is 0.698 bits per heavy atom. The Bertz CT molecular complexity index is 1300. The molecule has 4 aromatic rings. The van der Waals surface area contributed by atoms with Crippen molar-refractivity contribution in [2.75, 3.05) is 0 Å². The third kappa shape index (κ3) is 6.00. The molecule has 220 valence electrons. The van der Waals surface area contributed by atoms with E-state index in [4.69, 9.17) is 0 Å².